The molecular formula is C7H16N4O2. The van der Waals surface area contributed by atoms with Crippen molar-refractivity contribution in [3.8, 4) is 0 Å². The summed E-state index contributed by atoms with van der Waals surface area (Å²) >= 11 is 0. The minimum Gasteiger partial charge on any atom is -0.481 e. The lowest BCUT2D eigenvalue weighted by molar-refractivity contribution is -0.134. The normalized spacial score (nSPS) is 8.08. The van der Waals surface area contributed by atoms with Gasteiger partial charge in [0.05, 0.1) is 11.7 Å². The van der Waals surface area contributed by atoms with Crippen LogP contribution in [0.2, 0.25) is 0 Å². The third-order valence-electron chi connectivity index (χ3n) is 0.892. The maximum atomic E-state index is 9.00. The van der Waals surface area contributed by atoms with E-state index in [9.17, 15) is 0 Å². The topological polar surface area (TPSA) is 137 Å². The number of carboxylic acids is 1. The van der Waals surface area contributed by atoms with Gasteiger partial charge in [-0.1, -0.05) is 0 Å². The van der Waals surface area contributed by atoms with Crippen molar-refractivity contribution in [2.24, 2.45) is 11.5 Å². The second kappa shape index (κ2) is 8.51. The maximum Gasteiger partial charge on any atom is 0.300 e. The van der Waals surface area contributed by atoms with Crippen LogP contribution < -0.4 is 11.5 Å². The molecule has 0 unspecified atom stereocenters. The van der Waals surface area contributed by atoms with Gasteiger partial charge in [0.15, 0.2) is 0 Å². The number of carbonyl (C=O) groups is 1. The summed E-state index contributed by atoms with van der Waals surface area (Å²) in [5, 5.41) is 21.0. The predicted molar refractivity (Wildman–Crippen MR) is 51.0 cm³/mol. The van der Waals surface area contributed by atoms with Crippen molar-refractivity contribution in [1.82, 2.24) is 0 Å². The lowest BCUT2D eigenvalue weighted by atomic mass is 10.2. The van der Waals surface area contributed by atoms with Crippen LogP contribution in [0.5, 0.6) is 0 Å². The number of carboxylic acid groups (broad SMARTS) is 1. The van der Waals surface area contributed by atoms with Crippen LogP contribution in [0.15, 0.2) is 0 Å². The van der Waals surface area contributed by atoms with E-state index >= 15 is 0 Å². The Morgan fingerprint density at radius 2 is 1.46 bits per heavy atom. The van der Waals surface area contributed by atoms with E-state index in [0.717, 1.165) is 6.92 Å². The second-order valence-corrected chi connectivity index (χ2v) is 2.42. The molecule has 76 valence electrons. The highest BCUT2D eigenvalue weighted by Crippen LogP contribution is 1.91. The molecule has 6 nitrogen and oxygen atoms in total. The molecule has 0 radical (unpaired) electrons. The molecule has 0 aromatic carbocycles. The lowest BCUT2D eigenvalue weighted by Gasteiger charge is -1.95. The summed E-state index contributed by atoms with van der Waals surface area (Å²) in [6.45, 7) is 1.08. The van der Waals surface area contributed by atoms with E-state index in [4.69, 9.17) is 32.2 Å². The van der Waals surface area contributed by atoms with E-state index in [1.54, 1.807) is 0 Å². The number of amidine groups is 2. The van der Waals surface area contributed by atoms with Crippen molar-refractivity contribution in [1.29, 1.82) is 10.8 Å². The highest BCUT2D eigenvalue weighted by atomic mass is 16.4. The van der Waals surface area contributed by atoms with Crippen molar-refractivity contribution in [2.45, 2.75) is 26.2 Å². The van der Waals surface area contributed by atoms with Crippen molar-refractivity contribution >= 4 is 17.6 Å². The average molecular weight is 188 g/mol. The Morgan fingerprint density at radius 3 is 1.62 bits per heavy atom. The number of rotatable bonds is 4. The maximum absolute atomic E-state index is 9.00. The van der Waals surface area contributed by atoms with E-state index in [1.807, 2.05) is 0 Å². The quantitative estimate of drug-likeness (QED) is 0.316. The largest absolute Gasteiger partial charge is 0.481 e. The molecule has 0 fully saturated rings. The van der Waals surface area contributed by atoms with Gasteiger partial charge in [-0.3, -0.25) is 15.6 Å². The molecule has 0 aliphatic rings. The van der Waals surface area contributed by atoms with E-state index in [0.29, 0.717) is 19.3 Å². The molecule has 0 bridgehead atoms. The van der Waals surface area contributed by atoms with Gasteiger partial charge in [-0.2, -0.15) is 0 Å². The summed E-state index contributed by atoms with van der Waals surface area (Å²) in [7, 11) is 0. The minimum absolute atomic E-state index is 0.163. The highest BCUT2D eigenvalue weighted by molar-refractivity contribution is 5.79. The first kappa shape index (κ1) is 14.0. The summed E-state index contributed by atoms with van der Waals surface area (Å²) in [4.78, 5) is 9.00. The third kappa shape index (κ3) is 37.9. The molecule has 0 aromatic heterocycles. The Hall–Kier alpha value is -1.59. The molecule has 7 N–H and O–H groups in total. The van der Waals surface area contributed by atoms with Gasteiger partial charge in [0, 0.05) is 19.8 Å². The van der Waals surface area contributed by atoms with Gasteiger partial charge in [0.2, 0.25) is 0 Å². The first-order chi connectivity index (χ1) is 5.86. The van der Waals surface area contributed by atoms with Crippen LogP contribution in [0.1, 0.15) is 26.2 Å². The van der Waals surface area contributed by atoms with Crippen molar-refractivity contribution < 1.29 is 9.90 Å². The summed E-state index contributed by atoms with van der Waals surface area (Å²) in [6.07, 6.45) is 1.80. The molecule has 0 aliphatic carbocycles. The zero-order valence-corrected chi connectivity index (χ0v) is 7.63. The standard InChI is InChI=1S/C5H12N4.C2H4O2/c6-4(7)2-1-3-5(8)9;1-2(3)4/h1-3H2,(H3,6,7)(H3,8,9);1H3,(H,3,4). The number of nitrogens with two attached hydrogens (primary N) is 2. The third-order valence-corrected chi connectivity index (χ3v) is 0.892. The zero-order chi connectivity index (χ0) is 10.9. The fourth-order valence-corrected chi connectivity index (χ4v) is 0.469. The fourth-order valence-electron chi connectivity index (χ4n) is 0.469. The Balaban J connectivity index is 0. The van der Waals surface area contributed by atoms with Gasteiger partial charge in [0.1, 0.15) is 0 Å². The molecule has 0 saturated carbocycles. The highest BCUT2D eigenvalue weighted by Gasteiger charge is 1.91. The zero-order valence-electron chi connectivity index (χ0n) is 7.63. The Labute approximate surface area is 76.9 Å². The number of nitrogens with one attached hydrogen (secondary N) is 2. The Bertz CT molecular complexity index is 173. The summed E-state index contributed by atoms with van der Waals surface area (Å²) in [5.41, 5.74) is 10.1. The first-order valence-electron chi connectivity index (χ1n) is 3.71. The molecule has 0 rings (SSSR count). The van der Waals surface area contributed by atoms with Crippen LogP contribution >= 0.6 is 0 Å². The Morgan fingerprint density at radius 1 is 1.23 bits per heavy atom. The van der Waals surface area contributed by atoms with Crippen LogP contribution in [0.4, 0.5) is 0 Å². The van der Waals surface area contributed by atoms with Gasteiger partial charge in [-0.05, 0) is 6.42 Å². The summed E-state index contributed by atoms with van der Waals surface area (Å²) < 4.78 is 0. The van der Waals surface area contributed by atoms with Crippen molar-refractivity contribution in [3.63, 3.8) is 0 Å². The summed E-state index contributed by atoms with van der Waals surface area (Å²) in [6, 6.07) is 0. The van der Waals surface area contributed by atoms with Gasteiger partial charge >= 0.3 is 0 Å². The molecule has 0 heterocycles. The van der Waals surface area contributed by atoms with Gasteiger partial charge in [-0.15, -0.1) is 0 Å². The molecule has 0 saturated heterocycles. The molecule has 0 atom stereocenters. The monoisotopic (exact) mass is 188 g/mol. The van der Waals surface area contributed by atoms with Gasteiger partial charge in [-0.25, -0.2) is 0 Å². The summed E-state index contributed by atoms with van der Waals surface area (Å²) in [5.74, 6) is -0.507. The van der Waals surface area contributed by atoms with Crippen LogP contribution in [-0.4, -0.2) is 22.7 Å². The number of hydrogen-bond acceptors (Lipinski definition) is 3. The smallest absolute Gasteiger partial charge is 0.300 e. The van der Waals surface area contributed by atoms with Crippen LogP contribution in [0.25, 0.3) is 0 Å². The van der Waals surface area contributed by atoms with E-state index in [-0.39, 0.29) is 11.7 Å². The lowest BCUT2D eigenvalue weighted by Crippen LogP contribution is -2.13. The van der Waals surface area contributed by atoms with Gasteiger partial charge < -0.3 is 16.6 Å². The molecule has 6 heteroatoms. The van der Waals surface area contributed by atoms with E-state index in [2.05, 4.69) is 0 Å². The van der Waals surface area contributed by atoms with Gasteiger partial charge in [0.25, 0.3) is 5.97 Å². The van der Waals surface area contributed by atoms with Crippen LogP contribution in [0, 0.1) is 10.8 Å². The van der Waals surface area contributed by atoms with Crippen LogP contribution in [0.3, 0.4) is 0 Å². The number of aliphatic carboxylic acids is 1. The molecule has 13 heavy (non-hydrogen) atoms. The van der Waals surface area contributed by atoms with E-state index < -0.39 is 5.97 Å². The minimum atomic E-state index is -0.833. The molecule has 0 aromatic rings. The Kier molecular flexibility index (Phi) is 9.14. The average Bonchev–Trinajstić information content (AvgIpc) is 1.83. The molecular weight excluding hydrogens is 172 g/mol. The number of hydrogen-bond donors (Lipinski definition) is 5. The second-order valence-electron chi connectivity index (χ2n) is 2.42. The van der Waals surface area contributed by atoms with Crippen molar-refractivity contribution in [3.05, 3.63) is 0 Å². The van der Waals surface area contributed by atoms with Crippen molar-refractivity contribution in [2.75, 3.05) is 0 Å². The van der Waals surface area contributed by atoms with Crippen LogP contribution in [-0.2, 0) is 4.79 Å². The van der Waals surface area contributed by atoms with E-state index in [1.165, 1.54) is 0 Å². The first-order valence-corrected chi connectivity index (χ1v) is 3.71. The molecule has 0 amide bonds. The molecule has 0 aliphatic heterocycles. The fraction of sp³-hybridized carbons (Fsp3) is 0.571. The SMILES string of the molecule is CC(=O)O.N=C(N)CCCC(=N)N. The molecule has 0 spiro atoms. The predicted octanol–water partition coefficient (Wildman–Crippen LogP) is 0.120.